The van der Waals surface area contributed by atoms with Crippen LogP contribution in [0.3, 0.4) is 0 Å². The van der Waals surface area contributed by atoms with Crippen molar-refractivity contribution in [1.29, 1.82) is 0 Å². The minimum Gasteiger partial charge on any atom is -0.480 e. The van der Waals surface area contributed by atoms with Crippen LogP contribution in [-0.4, -0.2) is 35.1 Å². The average Bonchev–Trinajstić information content (AvgIpc) is 2.52. The number of hydrogen-bond acceptors (Lipinski definition) is 2. The number of carbonyl (C=O) groups is 1. The Balaban J connectivity index is 2.53. The first-order valence-corrected chi connectivity index (χ1v) is 6.03. The van der Waals surface area contributed by atoms with Crippen LogP contribution in [-0.2, 0) is 4.79 Å². The molecule has 15 heavy (non-hydrogen) atoms. The molecule has 0 amide bonds. The lowest BCUT2D eigenvalue weighted by molar-refractivity contribution is -0.144. The van der Waals surface area contributed by atoms with E-state index in [1.807, 2.05) is 13.8 Å². The van der Waals surface area contributed by atoms with Gasteiger partial charge in [0, 0.05) is 6.54 Å². The third-order valence-corrected chi connectivity index (χ3v) is 3.29. The van der Waals surface area contributed by atoms with Gasteiger partial charge in [0.25, 0.3) is 0 Å². The summed E-state index contributed by atoms with van der Waals surface area (Å²) < 4.78 is 0. The molecule has 1 aliphatic heterocycles. The number of likely N-dealkylation sites (tertiary alicyclic amines) is 1. The van der Waals surface area contributed by atoms with Gasteiger partial charge in [-0.05, 0) is 31.2 Å². The van der Waals surface area contributed by atoms with E-state index in [1.165, 1.54) is 19.3 Å². The Labute approximate surface area is 92.5 Å². The molecule has 0 saturated carbocycles. The van der Waals surface area contributed by atoms with Crippen molar-refractivity contribution < 1.29 is 9.90 Å². The van der Waals surface area contributed by atoms with E-state index in [0.717, 1.165) is 19.0 Å². The molecule has 1 fully saturated rings. The largest absolute Gasteiger partial charge is 0.480 e. The van der Waals surface area contributed by atoms with Crippen LogP contribution >= 0.6 is 0 Å². The van der Waals surface area contributed by atoms with E-state index in [2.05, 4.69) is 11.8 Å². The lowest BCUT2D eigenvalue weighted by Gasteiger charge is -2.27. The molecule has 3 heteroatoms. The van der Waals surface area contributed by atoms with Crippen molar-refractivity contribution in [2.75, 3.05) is 13.1 Å². The lowest BCUT2D eigenvalue weighted by atomic mass is 10.0. The van der Waals surface area contributed by atoms with Gasteiger partial charge in [0.2, 0.25) is 0 Å². The first-order chi connectivity index (χ1) is 7.06. The van der Waals surface area contributed by atoms with Gasteiger partial charge in [-0.1, -0.05) is 27.2 Å². The standard InChI is InChI=1S/C12H23NO2/c1-4-5-10-6-7-13(8-10)11(9(2)3)12(14)15/h9-11H,4-8H2,1-3H3,(H,14,15). The van der Waals surface area contributed by atoms with Gasteiger partial charge in [0.05, 0.1) is 0 Å². The van der Waals surface area contributed by atoms with Crippen LogP contribution in [0.15, 0.2) is 0 Å². The summed E-state index contributed by atoms with van der Waals surface area (Å²) in [5, 5.41) is 9.18. The summed E-state index contributed by atoms with van der Waals surface area (Å²) in [7, 11) is 0. The van der Waals surface area contributed by atoms with Gasteiger partial charge >= 0.3 is 5.97 Å². The summed E-state index contributed by atoms with van der Waals surface area (Å²) in [6.07, 6.45) is 3.61. The number of hydrogen-bond donors (Lipinski definition) is 1. The molecule has 0 bridgehead atoms. The molecule has 1 aliphatic rings. The van der Waals surface area contributed by atoms with E-state index < -0.39 is 5.97 Å². The Morgan fingerprint density at radius 3 is 2.67 bits per heavy atom. The second kappa shape index (κ2) is 5.50. The number of aliphatic carboxylic acids is 1. The van der Waals surface area contributed by atoms with Gasteiger partial charge in [-0.2, -0.15) is 0 Å². The number of carboxylic acid groups (broad SMARTS) is 1. The van der Waals surface area contributed by atoms with Crippen molar-refractivity contribution in [2.45, 2.75) is 46.1 Å². The summed E-state index contributed by atoms with van der Waals surface area (Å²) in [5.41, 5.74) is 0. The molecule has 2 unspecified atom stereocenters. The smallest absolute Gasteiger partial charge is 0.321 e. The van der Waals surface area contributed by atoms with Crippen LogP contribution in [0.1, 0.15) is 40.0 Å². The molecule has 3 nitrogen and oxygen atoms in total. The molecule has 1 N–H and O–H groups in total. The minimum absolute atomic E-state index is 0.197. The highest BCUT2D eigenvalue weighted by molar-refractivity contribution is 5.73. The molecule has 1 saturated heterocycles. The minimum atomic E-state index is -0.665. The normalized spacial score (nSPS) is 24.7. The Morgan fingerprint density at radius 2 is 2.20 bits per heavy atom. The fourth-order valence-electron chi connectivity index (χ4n) is 2.62. The SMILES string of the molecule is CCCC1CCN(C(C(=O)O)C(C)C)C1. The zero-order chi connectivity index (χ0) is 11.4. The zero-order valence-electron chi connectivity index (χ0n) is 10.1. The Morgan fingerprint density at radius 1 is 1.53 bits per heavy atom. The van der Waals surface area contributed by atoms with Crippen LogP contribution in [0, 0.1) is 11.8 Å². The number of rotatable bonds is 5. The summed E-state index contributed by atoms with van der Waals surface area (Å²) >= 11 is 0. The third kappa shape index (κ3) is 3.20. The van der Waals surface area contributed by atoms with Gasteiger partial charge in [-0.25, -0.2) is 0 Å². The fourth-order valence-corrected chi connectivity index (χ4v) is 2.62. The van der Waals surface area contributed by atoms with Crippen LogP contribution in [0.4, 0.5) is 0 Å². The predicted molar refractivity (Wildman–Crippen MR) is 60.8 cm³/mol. The highest BCUT2D eigenvalue weighted by Gasteiger charge is 2.33. The van der Waals surface area contributed by atoms with Crippen molar-refractivity contribution in [2.24, 2.45) is 11.8 Å². The van der Waals surface area contributed by atoms with Crippen LogP contribution in [0.5, 0.6) is 0 Å². The summed E-state index contributed by atoms with van der Waals surface area (Å²) in [6.45, 7) is 8.11. The van der Waals surface area contributed by atoms with E-state index >= 15 is 0 Å². The fraction of sp³-hybridized carbons (Fsp3) is 0.917. The number of nitrogens with zero attached hydrogens (tertiary/aromatic N) is 1. The third-order valence-electron chi connectivity index (χ3n) is 3.29. The van der Waals surface area contributed by atoms with Crippen LogP contribution in [0.25, 0.3) is 0 Å². The molecule has 0 aromatic carbocycles. The Hall–Kier alpha value is -0.570. The molecule has 1 rings (SSSR count). The van der Waals surface area contributed by atoms with Crippen LogP contribution in [0.2, 0.25) is 0 Å². The Bertz CT molecular complexity index is 216. The molecule has 0 radical (unpaired) electrons. The molecular formula is C12H23NO2. The number of carboxylic acids is 1. The van der Waals surface area contributed by atoms with E-state index in [9.17, 15) is 9.90 Å². The molecule has 88 valence electrons. The monoisotopic (exact) mass is 213 g/mol. The second-order valence-electron chi connectivity index (χ2n) is 4.97. The first kappa shape index (κ1) is 12.5. The van der Waals surface area contributed by atoms with Crippen molar-refractivity contribution in [3.05, 3.63) is 0 Å². The molecule has 0 spiro atoms. The highest BCUT2D eigenvalue weighted by atomic mass is 16.4. The van der Waals surface area contributed by atoms with Gasteiger partial charge in [-0.3, -0.25) is 9.69 Å². The van der Waals surface area contributed by atoms with Gasteiger partial charge in [0.1, 0.15) is 6.04 Å². The van der Waals surface area contributed by atoms with Crippen molar-refractivity contribution in [3.63, 3.8) is 0 Å². The van der Waals surface area contributed by atoms with E-state index in [0.29, 0.717) is 0 Å². The average molecular weight is 213 g/mol. The maximum Gasteiger partial charge on any atom is 0.321 e. The molecule has 0 aromatic rings. The molecule has 2 atom stereocenters. The Kier molecular flexibility index (Phi) is 4.58. The van der Waals surface area contributed by atoms with E-state index in [-0.39, 0.29) is 12.0 Å². The summed E-state index contributed by atoms with van der Waals surface area (Å²) in [4.78, 5) is 13.3. The first-order valence-electron chi connectivity index (χ1n) is 6.03. The topological polar surface area (TPSA) is 40.5 Å². The summed E-state index contributed by atoms with van der Waals surface area (Å²) in [5.74, 6) is 0.251. The zero-order valence-corrected chi connectivity index (χ0v) is 10.1. The predicted octanol–water partition coefficient (Wildman–Crippen LogP) is 2.22. The molecule has 1 heterocycles. The second-order valence-corrected chi connectivity index (χ2v) is 4.97. The highest BCUT2D eigenvalue weighted by Crippen LogP contribution is 2.25. The summed E-state index contributed by atoms with van der Waals surface area (Å²) in [6, 6.07) is -0.285. The van der Waals surface area contributed by atoms with Gasteiger partial charge < -0.3 is 5.11 Å². The maximum absolute atomic E-state index is 11.2. The van der Waals surface area contributed by atoms with Crippen molar-refractivity contribution in [3.8, 4) is 0 Å². The molecule has 0 aromatic heterocycles. The van der Waals surface area contributed by atoms with Crippen molar-refractivity contribution >= 4 is 5.97 Å². The van der Waals surface area contributed by atoms with Gasteiger partial charge in [0.15, 0.2) is 0 Å². The lowest BCUT2D eigenvalue weighted by Crippen LogP contribution is -2.43. The van der Waals surface area contributed by atoms with Gasteiger partial charge in [-0.15, -0.1) is 0 Å². The van der Waals surface area contributed by atoms with E-state index in [4.69, 9.17) is 0 Å². The molecular weight excluding hydrogens is 190 g/mol. The van der Waals surface area contributed by atoms with Crippen molar-refractivity contribution in [1.82, 2.24) is 4.90 Å². The van der Waals surface area contributed by atoms with Crippen LogP contribution < -0.4 is 0 Å². The maximum atomic E-state index is 11.2. The molecule has 0 aliphatic carbocycles. The van der Waals surface area contributed by atoms with E-state index in [1.54, 1.807) is 0 Å². The quantitative estimate of drug-likeness (QED) is 0.761.